The van der Waals surface area contributed by atoms with E-state index in [0.717, 1.165) is 10.0 Å². The molecule has 0 heterocycles. The van der Waals surface area contributed by atoms with Crippen molar-refractivity contribution in [3.05, 3.63) is 57.0 Å². The van der Waals surface area contributed by atoms with Crippen molar-refractivity contribution in [2.75, 3.05) is 12.4 Å². The van der Waals surface area contributed by atoms with E-state index in [2.05, 4.69) is 31.8 Å². The van der Waals surface area contributed by atoms with Crippen LogP contribution in [-0.2, 0) is 9.59 Å². The monoisotopic (exact) mass is 437 g/mol. The SMILES string of the molecule is COc1ccc(Br)cc1C=NNC(=O)CC(=O)Nc1ccc(C)c(Cl)c1. The van der Waals surface area contributed by atoms with Gasteiger partial charge in [-0.3, -0.25) is 9.59 Å². The number of hydrazone groups is 1. The van der Waals surface area contributed by atoms with Crippen LogP contribution in [0.25, 0.3) is 0 Å². The van der Waals surface area contributed by atoms with Crippen LogP contribution in [0.5, 0.6) is 5.75 Å². The number of carbonyl (C=O) groups is 2. The van der Waals surface area contributed by atoms with E-state index in [-0.39, 0.29) is 6.42 Å². The number of hydrogen-bond acceptors (Lipinski definition) is 4. The van der Waals surface area contributed by atoms with Gasteiger partial charge in [-0.2, -0.15) is 5.10 Å². The number of aryl methyl sites for hydroxylation is 1. The fourth-order valence-corrected chi connectivity index (χ4v) is 2.60. The summed E-state index contributed by atoms with van der Waals surface area (Å²) in [4.78, 5) is 23.7. The normalized spacial score (nSPS) is 10.6. The third kappa shape index (κ3) is 5.86. The number of rotatable bonds is 6. The molecule has 2 N–H and O–H groups in total. The molecule has 0 atom stereocenters. The van der Waals surface area contributed by atoms with Crippen LogP contribution in [0.1, 0.15) is 17.5 Å². The van der Waals surface area contributed by atoms with Gasteiger partial charge in [0.1, 0.15) is 12.2 Å². The second-order valence-corrected chi connectivity index (χ2v) is 6.69. The maximum absolute atomic E-state index is 11.9. The zero-order valence-electron chi connectivity index (χ0n) is 14.2. The summed E-state index contributed by atoms with van der Waals surface area (Å²) in [6.45, 7) is 1.86. The van der Waals surface area contributed by atoms with E-state index in [1.807, 2.05) is 13.0 Å². The summed E-state index contributed by atoms with van der Waals surface area (Å²) in [7, 11) is 1.54. The predicted molar refractivity (Wildman–Crippen MR) is 106 cm³/mol. The van der Waals surface area contributed by atoms with Crippen molar-refractivity contribution >= 4 is 51.2 Å². The summed E-state index contributed by atoms with van der Waals surface area (Å²) in [5, 5.41) is 7.00. The Morgan fingerprint density at radius 3 is 2.69 bits per heavy atom. The molecular formula is C18H17BrClN3O3. The number of nitrogens with one attached hydrogen (secondary N) is 2. The molecule has 2 aromatic carbocycles. The lowest BCUT2D eigenvalue weighted by atomic mass is 10.2. The topological polar surface area (TPSA) is 79.8 Å². The second-order valence-electron chi connectivity index (χ2n) is 5.37. The molecule has 0 aromatic heterocycles. The fourth-order valence-electron chi connectivity index (χ4n) is 2.04. The van der Waals surface area contributed by atoms with Gasteiger partial charge in [-0.25, -0.2) is 5.43 Å². The molecular weight excluding hydrogens is 422 g/mol. The first-order valence-electron chi connectivity index (χ1n) is 7.60. The van der Waals surface area contributed by atoms with Crippen LogP contribution in [-0.4, -0.2) is 25.1 Å². The third-order valence-electron chi connectivity index (χ3n) is 3.36. The average Bonchev–Trinajstić information content (AvgIpc) is 2.58. The van der Waals surface area contributed by atoms with Crippen LogP contribution in [0.3, 0.4) is 0 Å². The summed E-state index contributed by atoms with van der Waals surface area (Å²) < 4.78 is 6.06. The molecule has 2 aromatic rings. The van der Waals surface area contributed by atoms with Crippen LogP contribution in [0.15, 0.2) is 46.0 Å². The first-order valence-corrected chi connectivity index (χ1v) is 8.77. The Kier molecular flexibility index (Phi) is 7.17. The molecule has 0 radical (unpaired) electrons. The van der Waals surface area contributed by atoms with Crippen molar-refractivity contribution in [3.8, 4) is 5.75 Å². The highest BCUT2D eigenvalue weighted by atomic mass is 79.9. The Hall–Kier alpha value is -2.38. The van der Waals surface area contributed by atoms with E-state index < -0.39 is 11.8 Å². The number of ether oxygens (including phenoxy) is 1. The minimum atomic E-state index is -0.536. The van der Waals surface area contributed by atoms with Gasteiger partial charge in [0, 0.05) is 20.7 Å². The zero-order chi connectivity index (χ0) is 19.1. The number of carbonyl (C=O) groups excluding carboxylic acids is 2. The number of benzene rings is 2. The van der Waals surface area contributed by atoms with E-state index in [4.69, 9.17) is 16.3 Å². The molecule has 26 heavy (non-hydrogen) atoms. The molecule has 136 valence electrons. The van der Waals surface area contributed by atoms with Crippen molar-refractivity contribution < 1.29 is 14.3 Å². The van der Waals surface area contributed by atoms with E-state index in [0.29, 0.717) is 22.0 Å². The molecule has 0 unspecified atom stereocenters. The van der Waals surface area contributed by atoms with Gasteiger partial charge in [0.25, 0.3) is 0 Å². The largest absolute Gasteiger partial charge is 0.496 e. The Balaban J connectivity index is 1.89. The Morgan fingerprint density at radius 1 is 1.23 bits per heavy atom. The molecule has 2 rings (SSSR count). The highest BCUT2D eigenvalue weighted by Crippen LogP contribution is 2.21. The van der Waals surface area contributed by atoms with Crippen LogP contribution >= 0.6 is 27.5 Å². The highest BCUT2D eigenvalue weighted by molar-refractivity contribution is 9.10. The van der Waals surface area contributed by atoms with E-state index >= 15 is 0 Å². The number of hydrogen-bond donors (Lipinski definition) is 2. The van der Waals surface area contributed by atoms with Gasteiger partial charge in [-0.1, -0.05) is 33.6 Å². The third-order valence-corrected chi connectivity index (χ3v) is 4.26. The van der Waals surface area contributed by atoms with Gasteiger partial charge < -0.3 is 10.1 Å². The summed E-state index contributed by atoms with van der Waals surface area (Å²) >= 11 is 9.36. The van der Waals surface area contributed by atoms with Gasteiger partial charge in [0.15, 0.2) is 0 Å². The average molecular weight is 439 g/mol. The molecule has 0 aliphatic heterocycles. The van der Waals surface area contributed by atoms with Crippen LogP contribution in [0.2, 0.25) is 5.02 Å². The summed E-state index contributed by atoms with van der Waals surface area (Å²) in [6.07, 6.45) is 1.08. The minimum Gasteiger partial charge on any atom is -0.496 e. The highest BCUT2D eigenvalue weighted by Gasteiger charge is 2.10. The Morgan fingerprint density at radius 2 is 2.00 bits per heavy atom. The Labute approximate surface area is 164 Å². The molecule has 2 amide bonds. The lowest BCUT2D eigenvalue weighted by Crippen LogP contribution is -2.24. The van der Waals surface area contributed by atoms with Crippen LogP contribution < -0.4 is 15.5 Å². The molecule has 0 saturated carbocycles. The van der Waals surface area contributed by atoms with Gasteiger partial charge in [-0.05, 0) is 42.8 Å². The fraction of sp³-hybridized carbons (Fsp3) is 0.167. The van der Waals surface area contributed by atoms with E-state index in [9.17, 15) is 9.59 Å². The van der Waals surface area contributed by atoms with E-state index in [1.165, 1.54) is 6.21 Å². The zero-order valence-corrected chi connectivity index (χ0v) is 16.5. The second kappa shape index (κ2) is 9.35. The van der Waals surface area contributed by atoms with Crippen molar-refractivity contribution in [3.63, 3.8) is 0 Å². The first kappa shape index (κ1) is 19.9. The summed E-state index contributed by atoms with van der Waals surface area (Å²) in [6, 6.07) is 10.5. The molecule has 6 nitrogen and oxygen atoms in total. The molecule has 0 aliphatic rings. The van der Waals surface area contributed by atoms with Gasteiger partial charge in [0.2, 0.25) is 11.8 Å². The summed E-state index contributed by atoms with van der Waals surface area (Å²) in [5.74, 6) is -0.385. The van der Waals surface area contributed by atoms with Crippen LogP contribution in [0.4, 0.5) is 5.69 Å². The van der Waals surface area contributed by atoms with Crippen molar-refractivity contribution in [1.82, 2.24) is 5.43 Å². The minimum absolute atomic E-state index is 0.363. The first-order chi connectivity index (χ1) is 12.4. The van der Waals surface area contributed by atoms with Gasteiger partial charge in [0.05, 0.1) is 13.3 Å². The number of amides is 2. The molecule has 0 aliphatic carbocycles. The maximum Gasteiger partial charge on any atom is 0.249 e. The van der Waals surface area contributed by atoms with Gasteiger partial charge in [-0.15, -0.1) is 0 Å². The molecule has 0 bridgehead atoms. The lowest BCUT2D eigenvalue weighted by Gasteiger charge is -2.06. The standard InChI is InChI=1S/C18H17BrClN3O3/c1-11-3-5-14(8-15(11)20)22-17(24)9-18(25)23-21-10-12-7-13(19)4-6-16(12)26-2/h3-8,10H,9H2,1-2H3,(H,22,24)(H,23,25). The Bertz CT molecular complexity index is 856. The predicted octanol–water partition coefficient (Wildman–Crippen LogP) is 3.90. The smallest absolute Gasteiger partial charge is 0.249 e. The van der Waals surface area contributed by atoms with E-state index in [1.54, 1.807) is 37.4 Å². The van der Waals surface area contributed by atoms with Crippen LogP contribution in [0, 0.1) is 6.92 Å². The van der Waals surface area contributed by atoms with Crippen molar-refractivity contribution in [2.24, 2.45) is 5.10 Å². The number of anilines is 1. The summed E-state index contributed by atoms with van der Waals surface area (Å²) in [5.41, 5.74) is 4.42. The number of methoxy groups -OCH3 is 1. The number of nitrogens with zero attached hydrogens (tertiary/aromatic N) is 1. The molecule has 8 heteroatoms. The molecule has 0 spiro atoms. The van der Waals surface area contributed by atoms with Gasteiger partial charge >= 0.3 is 0 Å². The molecule has 0 saturated heterocycles. The lowest BCUT2D eigenvalue weighted by molar-refractivity contribution is -0.126. The van der Waals surface area contributed by atoms with Crippen molar-refractivity contribution in [1.29, 1.82) is 0 Å². The number of halogens is 2. The quantitative estimate of drug-likeness (QED) is 0.408. The molecule has 0 fully saturated rings. The van der Waals surface area contributed by atoms with Crippen molar-refractivity contribution in [2.45, 2.75) is 13.3 Å². The maximum atomic E-state index is 11.9.